The Morgan fingerprint density at radius 3 is 2.54 bits per heavy atom. The number of H-pyrrole nitrogens is 1. The first kappa shape index (κ1) is 32.2. The van der Waals surface area contributed by atoms with Gasteiger partial charge in [0.15, 0.2) is 17.4 Å². The van der Waals surface area contributed by atoms with Crippen molar-refractivity contribution >= 4 is 11.6 Å². The van der Waals surface area contributed by atoms with Gasteiger partial charge in [0.2, 0.25) is 11.6 Å². The molecule has 2 aliphatic heterocycles. The van der Waals surface area contributed by atoms with Gasteiger partial charge in [-0.1, -0.05) is 17.7 Å². The van der Waals surface area contributed by atoms with E-state index in [4.69, 9.17) is 21.1 Å². The molecular formula is C33H27ClF6N6O2. The van der Waals surface area contributed by atoms with Crippen molar-refractivity contribution in [1.29, 1.82) is 5.26 Å². The average molecular weight is 689 g/mol. The number of pyridine rings is 1. The van der Waals surface area contributed by atoms with E-state index >= 15 is 4.39 Å². The molecule has 48 heavy (non-hydrogen) atoms. The number of halogens is 7. The highest BCUT2D eigenvalue weighted by atomic mass is 35.5. The SMILES string of the molecule is C[C@]1(c2ccc(Cl)cc2F)Oc2c(F)ccc([C@H]3CCN(Cc4ncc(-c5n[nH]c(C(F)(F)F)n5)cc4CC4(C#N)CC4)C[C@@H]3F)c2O1. The van der Waals surface area contributed by atoms with Crippen LogP contribution in [0, 0.1) is 28.4 Å². The molecule has 0 bridgehead atoms. The molecule has 3 aliphatic rings. The number of nitrogens with one attached hydrogen (secondary N) is 1. The summed E-state index contributed by atoms with van der Waals surface area (Å²) in [5.74, 6) is -5.46. The number of alkyl halides is 4. The van der Waals surface area contributed by atoms with Crippen LogP contribution in [0.3, 0.4) is 0 Å². The number of fused-ring (bicyclic) bond motifs is 1. The predicted molar refractivity (Wildman–Crippen MR) is 160 cm³/mol. The quantitative estimate of drug-likeness (QED) is 0.199. The normalized spacial score (nSPS) is 23.2. The van der Waals surface area contributed by atoms with Gasteiger partial charge < -0.3 is 9.47 Å². The number of ether oxygens (including phenoxy) is 2. The van der Waals surface area contributed by atoms with E-state index in [0.29, 0.717) is 49.0 Å². The molecule has 1 saturated carbocycles. The minimum Gasteiger partial charge on any atom is -0.444 e. The molecule has 2 fully saturated rings. The second-order valence-corrected chi connectivity index (χ2v) is 13.1. The molecule has 0 radical (unpaired) electrons. The molecular weight excluding hydrogens is 662 g/mol. The molecule has 3 atom stereocenters. The monoisotopic (exact) mass is 688 g/mol. The topological polar surface area (TPSA) is 100.0 Å². The smallest absolute Gasteiger partial charge is 0.444 e. The lowest BCUT2D eigenvalue weighted by molar-refractivity contribution is -0.144. The van der Waals surface area contributed by atoms with Crippen LogP contribution in [0.2, 0.25) is 5.02 Å². The van der Waals surface area contributed by atoms with Gasteiger partial charge in [-0.2, -0.15) is 23.5 Å². The number of hydrogen-bond donors (Lipinski definition) is 1. The second kappa shape index (κ2) is 11.7. The average Bonchev–Trinajstić information content (AvgIpc) is 3.43. The lowest BCUT2D eigenvalue weighted by Gasteiger charge is -2.35. The number of aromatic nitrogens is 4. The van der Waals surface area contributed by atoms with Crippen LogP contribution in [0.25, 0.3) is 11.4 Å². The Labute approximate surface area is 275 Å². The van der Waals surface area contributed by atoms with Gasteiger partial charge in [-0.25, -0.2) is 18.2 Å². The summed E-state index contributed by atoms with van der Waals surface area (Å²) in [5, 5.41) is 15.5. The number of rotatable bonds is 7. The Bertz CT molecular complexity index is 1940. The zero-order valence-electron chi connectivity index (χ0n) is 25.3. The van der Waals surface area contributed by atoms with Crippen molar-refractivity contribution < 1.29 is 35.8 Å². The van der Waals surface area contributed by atoms with Crippen LogP contribution < -0.4 is 9.47 Å². The second-order valence-electron chi connectivity index (χ2n) is 12.6. The van der Waals surface area contributed by atoms with Crippen LogP contribution >= 0.6 is 11.6 Å². The molecule has 15 heteroatoms. The minimum atomic E-state index is -4.70. The van der Waals surface area contributed by atoms with Crippen molar-refractivity contribution in [1.82, 2.24) is 25.1 Å². The summed E-state index contributed by atoms with van der Waals surface area (Å²) in [6.45, 7) is 2.08. The molecule has 1 aliphatic carbocycles. The van der Waals surface area contributed by atoms with Crippen LogP contribution in [0.15, 0.2) is 42.6 Å². The van der Waals surface area contributed by atoms with Crippen LogP contribution in [0.5, 0.6) is 11.5 Å². The first-order chi connectivity index (χ1) is 22.8. The minimum absolute atomic E-state index is 0.00243. The Balaban J connectivity index is 1.11. The maximum atomic E-state index is 16.0. The van der Waals surface area contributed by atoms with E-state index in [2.05, 4.69) is 21.1 Å². The van der Waals surface area contributed by atoms with Crippen LogP contribution in [0.1, 0.15) is 60.3 Å². The third kappa shape index (κ3) is 5.94. The van der Waals surface area contributed by atoms with Gasteiger partial charge in [0.05, 0.1) is 22.7 Å². The molecule has 1 N–H and O–H groups in total. The number of piperidine rings is 1. The summed E-state index contributed by atoms with van der Waals surface area (Å²) in [4.78, 5) is 9.94. The lowest BCUT2D eigenvalue weighted by atomic mass is 9.86. The fraction of sp³-hybridized carbons (Fsp3) is 0.394. The molecule has 2 aromatic carbocycles. The van der Waals surface area contributed by atoms with E-state index in [9.17, 15) is 27.2 Å². The highest BCUT2D eigenvalue weighted by Gasteiger charge is 2.46. The molecule has 2 aromatic heterocycles. The van der Waals surface area contributed by atoms with Crippen LogP contribution in [0.4, 0.5) is 26.3 Å². The molecule has 0 amide bonds. The van der Waals surface area contributed by atoms with Crippen molar-refractivity contribution in [3.05, 3.63) is 87.5 Å². The first-order valence-corrected chi connectivity index (χ1v) is 15.6. The van der Waals surface area contributed by atoms with E-state index in [1.54, 1.807) is 6.07 Å². The third-order valence-electron chi connectivity index (χ3n) is 9.20. The standard InChI is InChI=1S/C33H27ClF6N6O2/c1-31(22-4-2-19(34)11-24(22)36)47-27-21(3-5-23(35)28(27)48-31)20-6-9-46(14-25(20)37)15-26-17(12-32(16-41)7-8-32)10-18(13-42-26)29-43-30(45-44-29)33(38,39)40/h2-5,10-11,13,20,25H,6-9,12,14-15H2,1H3,(H,43,44,45)/t20-,25+,31-/m1/s1. The third-order valence-corrected chi connectivity index (χ3v) is 9.43. The van der Waals surface area contributed by atoms with Crippen molar-refractivity contribution in [2.24, 2.45) is 5.41 Å². The van der Waals surface area contributed by atoms with E-state index in [0.717, 1.165) is 6.07 Å². The van der Waals surface area contributed by atoms with Crippen molar-refractivity contribution in [3.63, 3.8) is 0 Å². The summed E-state index contributed by atoms with van der Waals surface area (Å²) < 4.78 is 97.0. The molecule has 0 unspecified atom stereocenters. The van der Waals surface area contributed by atoms with Gasteiger partial charge in [-0.15, -0.1) is 0 Å². The fourth-order valence-corrected chi connectivity index (χ4v) is 6.57. The molecule has 7 rings (SSSR count). The van der Waals surface area contributed by atoms with Gasteiger partial charge in [-0.05, 0) is 68.1 Å². The predicted octanol–water partition coefficient (Wildman–Crippen LogP) is 7.64. The summed E-state index contributed by atoms with van der Waals surface area (Å²) in [6, 6.07) is 10.5. The first-order valence-electron chi connectivity index (χ1n) is 15.2. The number of nitriles is 1. The Kier molecular flexibility index (Phi) is 7.83. The maximum Gasteiger partial charge on any atom is 0.451 e. The highest BCUT2D eigenvalue weighted by molar-refractivity contribution is 6.30. The summed E-state index contributed by atoms with van der Waals surface area (Å²) in [7, 11) is 0. The lowest BCUT2D eigenvalue weighted by Crippen LogP contribution is -2.40. The molecule has 1 saturated heterocycles. The zero-order chi connectivity index (χ0) is 34.0. The van der Waals surface area contributed by atoms with Crippen molar-refractivity contribution in [3.8, 4) is 29.0 Å². The Hall–Kier alpha value is -4.35. The number of hydrogen-bond acceptors (Lipinski definition) is 7. The number of nitrogens with zero attached hydrogens (tertiary/aromatic N) is 5. The summed E-state index contributed by atoms with van der Waals surface area (Å²) in [6.07, 6.45) is -2.73. The van der Waals surface area contributed by atoms with Crippen molar-refractivity contribution in [2.75, 3.05) is 13.1 Å². The van der Waals surface area contributed by atoms with Gasteiger partial charge in [0.1, 0.15) is 12.0 Å². The zero-order valence-corrected chi connectivity index (χ0v) is 26.1. The van der Waals surface area contributed by atoms with E-state index in [-0.39, 0.29) is 46.6 Å². The molecule has 4 heterocycles. The molecule has 8 nitrogen and oxygen atoms in total. The maximum absolute atomic E-state index is 16.0. The van der Waals surface area contributed by atoms with Crippen molar-refractivity contribution in [2.45, 2.75) is 63.2 Å². The summed E-state index contributed by atoms with van der Waals surface area (Å²) in [5.41, 5.74) is 1.29. The number of aromatic amines is 1. The molecule has 250 valence electrons. The Morgan fingerprint density at radius 2 is 1.88 bits per heavy atom. The molecule has 4 aromatic rings. The van der Waals surface area contributed by atoms with E-state index < -0.39 is 46.9 Å². The Morgan fingerprint density at radius 1 is 1.10 bits per heavy atom. The van der Waals surface area contributed by atoms with Gasteiger partial charge in [0.25, 0.3) is 5.79 Å². The number of benzene rings is 2. The highest BCUT2D eigenvalue weighted by Crippen LogP contribution is 2.52. The summed E-state index contributed by atoms with van der Waals surface area (Å²) >= 11 is 5.90. The molecule has 0 spiro atoms. The largest absolute Gasteiger partial charge is 0.451 e. The van der Waals surface area contributed by atoms with E-state index in [1.165, 1.54) is 37.4 Å². The van der Waals surface area contributed by atoms with Crippen LogP contribution in [-0.4, -0.2) is 44.3 Å². The van der Waals surface area contributed by atoms with Gasteiger partial charge in [-0.3, -0.25) is 15.0 Å². The van der Waals surface area contributed by atoms with Crippen LogP contribution in [-0.2, 0) is 24.9 Å². The number of likely N-dealkylation sites (tertiary alicyclic amines) is 1. The van der Waals surface area contributed by atoms with Gasteiger partial charge >= 0.3 is 6.18 Å². The fourth-order valence-electron chi connectivity index (χ4n) is 6.42. The van der Waals surface area contributed by atoms with E-state index in [1.807, 2.05) is 10.00 Å². The van der Waals surface area contributed by atoms with Gasteiger partial charge in [0, 0.05) is 48.3 Å².